The van der Waals surface area contributed by atoms with Gasteiger partial charge in [-0.05, 0) is 26.0 Å². The number of ether oxygens (including phenoxy) is 1. The third-order valence-electron chi connectivity index (χ3n) is 2.11. The Kier molecular flexibility index (Phi) is 5.01. The highest BCUT2D eigenvalue weighted by atomic mass is 16.5. The first-order valence-electron chi connectivity index (χ1n) is 5.18. The van der Waals surface area contributed by atoms with Crippen LogP contribution < -0.4 is 5.32 Å². The van der Waals surface area contributed by atoms with Gasteiger partial charge in [0.15, 0.2) is 0 Å². The lowest BCUT2D eigenvalue weighted by Crippen LogP contribution is -2.18. The normalized spacial score (nSPS) is 12.4. The van der Waals surface area contributed by atoms with Gasteiger partial charge in [0.1, 0.15) is 12.0 Å². The summed E-state index contributed by atoms with van der Waals surface area (Å²) in [6.07, 6.45) is 1.75. The Morgan fingerprint density at radius 3 is 3.06 bits per heavy atom. The van der Waals surface area contributed by atoms with E-state index in [9.17, 15) is 4.79 Å². The van der Waals surface area contributed by atoms with Crippen LogP contribution in [0.15, 0.2) is 16.7 Å². The topological polar surface area (TPSA) is 71.7 Å². The fraction of sp³-hybridized carbons (Fsp3) is 0.545. The van der Waals surface area contributed by atoms with Crippen molar-refractivity contribution in [1.29, 1.82) is 0 Å². The van der Waals surface area contributed by atoms with Crippen LogP contribution in [0.1, 0.15) is 29.5 Å². The average molecular weight is 227 g/mol. The first kappa shape index (κ1) is 12.7. The molecule has 0 saturated heterocycles. The van der Waals surface area contributed by atoms with Crippen molar-refractivity contribution in [3.8, 4) is 0 Å². The molecular formula is C11H17NO4. The summed E-state index contributed by atoms with van der Waals surface area (Å²) in [5, 5.41) is 12.1. The summed E-state index contributed by atoms with van der Waals surface area (Å²) in [7, 11) is 1.33. The molecule has 1 aromatic heterocycles. The SMILES string of the molecule is COC(=O)c1coc(CNCCC(C)O)c1. The molecule has 0 spiro atoms. The monoisotopic (exact) mass is 227 g/mol. The standard InChI is InChI=1S/C11H17NO4/c1-8(13)3-4-12-6-10-5-9(7-16-10)11(14)15-2/h5,7-8,12-13H,3-4,6H2,1-2H3. The second-order valence-corrected chi connectivity index (χ2v) is 3.61. The molecule has 0 radical (unpaired) electrons. The minimum absolute atomic E-state index is 0.310. The maximum atomic E-state index is 11.1. The van der Waals surface area contributed by atoms with Crippen molar-refractivity contribution >= 4 is 5.97 Å². The zero-order valence-electron chi connectivity index (χ0n) is 9.53. The molecule has 90 valence electrons. The minimum Gasteiger partial charge on any atom is -0.467 e. The Morgan fingerprint density at radius 2 is 2.44 bits per heavy atom. The van der Waals surface area contributed by atoms with Gasteiger partial charge in [-0.2, -0.15) is 0 Å². The highest BCUT2D eigenvalue weighted by Gasteiger charge is 2.09. The molecule has 1 rings (SSSR count). The lowest BCUT2D eigenvalue weighted by molar-refractivity contribution is 0.0600. The number of furan rings is 1. The van der Waals surface area contributed by atoms with Crippen LogP contribution in [0.5, 0.6) is 0 Å². The summed E-state index contributed by atoms with van der Waals surface area (Å²) in [6.45, 7) is 2.97. The summed E-state index contributed by atoms with van der Waals surface area (Å²) in [4.78, 5) is 11.1. The van der Waals surface area contributed by atoms with Crippen molar-refractivity contribution in [1.82, 2.24) is 5.32 Å². The van der Waals surface area contributed by atoms with Crippen LogP contribution >= 0.6 is 0 Å². The number of aliphatic hydroxyl groups is 1. The third kappa shape index (κ3) is 4.04. The van der Waals surface area contributed by atoms with E-state index in [1.165, 1.54) is 13.4 Å². The van der Waals surface area contributed by atoms with Gasteiger partial charge >= 0.3 is 5.97 Å². The van der Waals surface area contributed by atoms with Crippen LogP contribution in [0.3, 0.4) is 0 Å². The van der Waals surface area contributed by atoms with Crippen molar-refractivity contribution in [3.63, 3.8) is 0 Å². The Morgan fingerprint density at radius 1 is 1.69 bits per heavy atom. The molecule has 1 heterocycles. The largest absolute Gasteiger partial charge is 0.467 e. The Hall–Kier alpha value is -1.33. The summed E-state index contributed by atoms with van der Waals surface area (Å²) in [6, 6.07) is 1.64. The van der Waals surface area contributed by atoms with E-state index in [0.29, 0.717) is 30.8 Å². The van der Waals surface area contributed by atoms with Gasteiger partial charge in [0.05, 0.1) is 25.3 Å². The van der Waals surface area contributed by atoms with Crippen LogP contribution in [-0.2, 0) is 11.3 Å². The molecule has 0 aliphatic rings. The average Bonchev–Trinajstić information content (AvgIpc) is 2.71. The van der Waals surface area contributed by atoms with Crippen molar-refractivity contribution in [2.75, 3.05) is 13.7 Å². The molecule has 0 fully saturated rings. The number of aliphatic hydroxyl groups excluding tert-OH is 1. The molecule has 1 unspecified atom stereocenters. The van der Waals surface area contributed by atoms with Crippen LogP contribution in [0.4, 0.5) is 0 Å². The molecule has 0 aliphatic carbocycles. The molecule has 1 atom stereocenters. The van der Waals surface area contributed by atoms with Crippen LogP contribution in [0.2, 0.25) is 0 Å². The lowest BCUT2D eigenvalue weighted by Gasteiger charge is -2.04. The summed E-state index contributed by atoms with van der Waals surface area (Å²) < 4.78 is 9.72. The molecule has 16 heavy (non-hydrogen) atoms. The number of carbonyl (C=O) groups is 1. The van der Waals surface area contributed by atoms with E-state index < -0.39 is 5.97 Å². The van der Waals surface area contributed by atoms with Crippen molar-refractivity contribution < 1.29 is 19.1 Å². The van der Waals surface area contributed by atoms with Crippen molar-refractivity contribution in [3.05, 3.63) is 23.7 Å². The molecule has 0 aliphatic heterocycles. The molecule has 5 heteroatoms. The number of hydrogen-bond acceptors (Lipinski definition) is 5. The zero-order valence-corrected chi connectivity index (χ0v) is 9.53. The predicted molar refractivity (Wildman–Crippen MR) is 58.1 cm³/mol. The van der Waals surface area contributed by atoms with Gasteiger partial charge < -0.3 is 19.6 Å². The molecule has 2 N–H and O–H groups in total. The van der Waals surface area contributed by atoms with Crippen LogP contribution in [0.25, 0.3) is 0 Å². The molecule has 1 aromatic rings. The molecule has 0 aromatic carbocycles. The maximum Gasteiger partial charge on any atom is 0.341 e. The van der Waals surface area contributed by atoms with Gasteiger partial charge in [0.25, 0.3) is 0 Å². The molecule has 5 nitrogen and oxygen atoms in total. The zero-order chi connectivity index (χ0) is 12.0. The number of methoxy groups -OCH3 is 1. The van der Waals surface area contributed by atoms with E-state index in [-0.39, 0.29) is 6.10 Å². The third-order valence-corrected chi connectivity index (χ3v) is 2.11. The molecular weight excluding hydrogens is 210 g/mol. The quantitative estimate of drug-likeness (QED) is 0.558. The van der Waals surface area contributed by atoms with E-state index in [1.54, 1.807) is 13.0 Å². The van der Waals surface area contributed by atoms with Crippen LogP contribution in [0, 0.1) is 0 Å². The highest BCUT2D eigenvalue weighted by molar-refractivity contribution is 5.88. The molecule has 0 saturated carbocycles. The highest BCUT2D eigenvalue weighted by Crippen LogP contribution is 2.08. The molecule has 0 bridgehead atoms. The van der Waals surface area contributed by atoms with Gasteiger partial charge in [-0.3, -0.25) is 0 Å². The van der Waals surface area contributed by atoms with Crippen molar-refractivity contribution in [2.45, 2.75) is 26.0 Å². The minimum atomic E-state index is -0.404. The fourth-order valence-corrected chi connectivity index (χ4v) is 1.22. The maximum absolute atomic E-state index is 11.1. The smallest absolute Gasteiger partial charge is 0.341 e. The Balaban J connectivity index is 2.32. The van der Waals surface area contributed by atoms with E-state index >= 15 is 0 Å². The number of nitrogens with one attached hydrogen (secondary N) is 1. The summed E-state index contributed by atoms with van der Waals surface area (Å²) in [5.74, 6) is 0.268. The predicted octanol–water partition coefficient (Wildman–Crippen LogP) is 0.927. The number of carbonyl (C=O) groups excluding carboxylic acids is 1. The van der Waals surface area contributed by atoms with E-state index in [2.05, 4.69) is 10.1 Å². The van der Waals surface area contributed by atoms with Crippen LogP contribution in [-0.4, -0.2) is 30.8 Å². The van der Waals surface area contributed by atoms with Gasteiger partial charge in [-0.1, -0.05) is 0 Å². The Labute approximate surface area is 94.4 Å². The van der Waals surface area contributed by atoms with Crippen molar-refractivity contribution in [2.24, 2.45) is 0 Å². The van der Waals surface area contributed by atoms with Gasteiger partial charge in [-0.25, -0.2) is 4.79 Å². The number of hydrogen-bond donors (Lipinski definition) is 2. The second kappa shape index (κ2) is 6.30. The summed E-state index contributed by atoms with van der Waals surface area (Å²) >= 11 is 0. The van der Waals surface area contributed by atoms with E-state index in [0.717, 1.165) is 0 Å². The first-order valence-corrected chi connectivity index (χ1v) is 5.18. The van der Waals surface area contributed by atoms with E-state index in [1.807, 2.05) is 0 Å². The van der Waals surface area contributed by atoms with Gasteiger partial charge in [0, 0.05) is 0 Å². The lowest BCUT2D eigenvalue weighted by atomic mass is 10.3. The summed E-state index contributed by atoms with van der Waals surface area (Å²) in [5.41, 5.74) is 0.412. The van der Waals surface area contributed by atoms with E-state index in [4.69, 9.17) is 9.52 Å². The fourth-order valence-electron chi connectivity index (χ4n) is 1.22. The first-order chi connectivity index (χ1) is 7.63. The molecule has 0 amide bonds. The van der Waals surface area contributed by atoms with Gasteiger partial charge in [-0.15, -0.1) is 0 Å². The number of rotatable bonds is 6. The van der Waals surface area contributed by atoms with Gasteiger partial charge in [0.2, 0.25) is 0 Å². The Bertz CT molecular complexity index is 332. The number of esters is 1. The second-order valence-electron chi connectivity index (χ2n) is 3.61.